The van der Waals surface area contributed by atoms with Crippen LogP contribution in [0.2, 0.25) is 0 Å². The number of hydrogen-bond acceptors (Lipinski definition) is 6. The van der Waals surface area contributed by atoms with Gasteiger partial charge in [-0.1, -0.05) is 18.2 Å². The van der Waals surface area contributed by atoms with Crippen LogP contribution in [0.5, 0.6) is 0 Å². The van der Waals surface area contributed by atoms with Crippen LogP contribution in [-0.2, 0) is 15.6 Å². The average Bonchev–Trinajstić information content (AvgIpc) is 3.41. The Morgan fingerprint density at radius 2 is 1.79 bits per heavy atom. The lowest BCUT2D eigenvalue weighted by Gasteiger charge is -2.07. The van der Waals surface area contributed by atoms with E-state index in [-0.39, 0.29) is 16.4 Å². The summed E-state index contributed by atoms with van der Waals surface area (Å²) >= 11 is 1.53. The molecule has 0 aliphatic carbocycles. The van der Waals surface area contributed by atoms with Crippen LogP contribution in [0.4, 0.5) is 5.69 Å². The smallest absolute Gasteiger partial charge is 0.291 e. The van der Waals surface area contributed by atoms with Gasteiger partial charge in [0.05, 0.1) is 16.9 Å². The third-order valence-corrected chi connectivity index (χ3v) is 6.73. The molecule has 0 bridgehead atoms. The number of nitrogens with zero attached hydrogens (tertiary/aromatic N) is 1. The fourth-order valence-electron chi connectivity index (χ4n) is 2.81. The molecule has 4 aromatic rings. The van der Waals surface area contributed by atoms with E-state index in [1.54, 1.807) is 36.5 Å². The van der Waals surface area contributed by atoms with Crippen molar-refractivity contribution in [2.45, 2.75) is 10.6 Å². The average molecular weight is 425 g/mol. The van der Waals surface area contributed by atoms with E-state index in [1.165, 1.54) is 35.8 Å². The summed E-state index contributed by atoms with van der Waals surface area (Å²) in [6, 6.07) is 16.9. The molecule has 0 radical (unpaired) electrons. The zero-order valence-electron chi connectivity index (χ0n) is 15.1. The summed E-state index contributed by atoms with van der Waals surface area (Å²) in [6.07, 6.45) is 3.05. The van der Waals surface area contributed by atoms with Crippen molar-refractivity contribution in [1.29, 1.82) is 0 Å². The molecule has 1 amide bonds. The molecule has 0 unspecified atom stereocenters. The van der Waals surface area contributed by atoms with Crippen molar-refractivity contribution in [3.05, 3.63) is 89.8 Å². The second kappa shape index (κ2) is 8.02. The van der Waals surface area contributed by atoms with E-state index < -0.39 is 15.7 Å². The molecule has 0 atom stereocenters. The van der Waals surface area contributed by atoms with Crippen LogP contribution in [0, 0.1) is 0 Å². The first kappa shape index (κ1) is 19.1. The maximum absolute atomic E-state index is 12.6. The van der Waals surface area contributed by atoms with Crippen LogP contribution < -0.4 is 5.32 Å². The summed E-state index contributed by atoms with van der Waals surface area (Å²) in [5.41, 5.74) is 1.83. The van der Waals surface area contributed by atoms with Crippen molar-refractivity contribution in [2.24, 2.45) is 0 Å². The Kier molecular flexibility index (Phi) is 5.28. The Balaban J connectivity index is 1.50. The molecular formula is C21H16N2O4S2. The lowest BCUT2D eigenvalue weighted by atomic mass is 10.2. The standard InChI is InChI=1S/C21H16N2O4S2/c24-20(23-17-8-6-15(7-9-17)21-22-11-13-28-21)19-16(10-12-27-19)14-29(25,26)18-4-2-1-3-5-18/h1-13H,14H2,(H,23,24). The number of furan rings is 1. The topological polar surface area (TPSA) is 89.3 Å². The maximum atomic E-state index is 12.6. The largest absolute Gasteiger partial charge is 0.459 e. The zero-order chi connectivity index (χ0) is 20.3. The van der Waals surface area contributed by atoms with E-state index in [1.807, 2.05) is 17.5 Å². The number of hydrogen-bond donors (Lipinski definition) is 1. The molecule has 6 nitrogen and oxygen atoms in total. The Morgan fingerprint density at radius 3 is 2.48 bits per heavy atom. The molecule has 8 heteroatoms. The fourth-order valence-corrected chi connectivity index (χ4v) is 4.83. The molecule has 0 fully saturated rings. The van der Waals surface area contributed by atoms with E-state index in [9.17, 15) is 13.2 Å². The summed E-state index contributed by atoms with van der Waals surface area (Å²) in [5, 5.41) is 5.53. The number of carbonyl (C=O) groups is 1. The highest BCUT2D eigenvalue weighted by Crippen LogP contribution is 2.24. The molecule has 2 aromatic carbocycles. The van der Waals surface area contributed by atoms with E-state index >= 15 is 0 Å². The number of anilines is 1. The molecule has 2 heterocycles. The summed E-state index contributed by atoms with van der Waals surface area (Å²) < 4.78 is 30.5. The second-order valence-corrected chi connectivity index (χ2v) is 9.10. The van der Waals surface area contributed by atoms with Gasteiger partial charge in [0.15, 0.2) is 15.6 Å². The van der Waals surface area contributed by atoms with Crippen LogP contribution in [0.1, 0.15) is 16.1 Å². The van der Waals surface area contributed by atoms with Crippen molar-refractivity contribution < 1.29 is 17.6 Å². The van der Waals surface area contributed by atoms with Crippen molar-refractivity contribution in [1.82, 2.24) is 4.98 Å². The van der Waals surface area contributed by atoms with Crippen LogP contribution in [-0.4, -0.2) is 19.3 Å². The van der Waals surface area contributed by atoms with Crippen molar-refractivity contribution in [3.63, 3.8) is 0 Å². The molecule has 0 saturated heterocycles. The number of carbonyl (C=O) groups excluding carboxylic acids is 1. The zero-order valence-corrected chi connectivity index (χ0v) is 16.7. The number of benzene rings is 2. The lowest BCUT2D eigenvalue weighted by Crippen LogP contribution is -2.14. The molecule has 0 saturated carbocycles. The van der Waals surface area contributed by atoms with Gasteiger partial charge in [-0.25, -0.2) is 13.4 Å². The van der Waals surface area contributed by atoms with Gasteiger partial charge in [-0.15, -0.1) is 11.3 Å². The van der Waals surface area contributed by atoms with Crippen molar-refractivity contribution in [2.75, 3.05) is 5.32 Å². The molecule has 0 aliphatic heterocycles. The molecule has 2 aromatic heterocycles. The van der Waals surface area contributed by atoms with Gasteiger partial charge in [0.25, 0.3) is 5.91 Å². The number of thiazole rings is 1. The van der Waals surface area contributed by atoms with Gasteiger partial charge in [-0.3, -0.25) is 4.79 Å². The molecule has 0 aliphatic rings. The van der Waals surface area contributed by atoms with Crippen LogP contribution in [0.3, 0.4) is 0 Å². The van der Waals surface area contributed by atoms with Crippen molar-refractivity contribution in [3.8, 4) is 10.6 Å². The summed E-state index contributed by atoms with van der Waals surface area (Å²) in [4.78, 5) is 17.1. The number of aromatic nitrogens is 1. The minimum Gasteiger partial charge on any atom is -0.459 e. The third-order valence-electron chi connectivity index (χ3n) is 4.22. The molecule has 1 N–H and O–H groups in total. The molecule has 0 spiro atoms. The predicted molar refractivity (Wildman–Crippen MR) is 112 cm³/mol. The van der Waals surface area contributed by atoms with Gasteiger partial charge in [0.2, 0.25) is 0 Å². The highest BCUT2D eigenvalue weighted by atomic mass is 32.2. The lowest BCUT2D eigenvalue weighted by molar-refractivity contribution is 0.0996. The van der Waals surface area contributed by atoms with E-state index in [0.29, 0.717) is 11.3 Å². The van der Waals surface area contributed by atoms with Crippen LogP contribution in [0.25, 0.3) is 10.6 Å². The summed E-state index contributed by atoms with van der Waals surface area (Å²) in [6.45, 7) is 0. The number of amides is 1. The highest BCUT2D eigenvalue weighted by molar-refractivity contribution is 7.90. The Morgan fingerprint density at radius 1 is 1.03 bits per heavy atom. The third kappa shape index (κ3) is 4.28. The fraction of sp³-hybridized carbons (Fsp3) is 0.0476. The van der Waals surface area contributed by atoms with Gasteiger partial charge >= 0.3 is 0 Å². The Hall–Kier alpha value is -3.23. The highest BCUT2D eigenvalue weighted by Gasteiger charge is 2.22. The van der Waals surface area contributed by atoms with Crippen molar-refractivity contribution >= 4 is 32.8 Å². The Labute approximate surface area is 171 Å². The summed E-state index contributed by atoms with van der Waals surface area (Å²) in [7, 11) is -3.59. The maximum Gasteiger partial charge on any atom is 0.291 e. The van der Waals surface area contributed by atoms with Gasteiger partial charge in [-0.05, 0) is 42.5 Å². The molecular weight excluding hydrogens is 408 g/mol. The monoisotopic (exact) mass is 424 g/mol. The van der Waals surface area contributed by atoms with Gasteiger partial charge in [-0.2, -0.15) is 0 Å². The predicted octanol–water partition coefficient (Wildman–Crippen LogP) is 4.63. The SMILES string of the molecule is O=C(Nc1ccc(-c2nccs2)cc1)c1occc1CS(=O)(=O)c1ccccc1. The quantitative estimate of drug-likeness (QED) is 0.487. The number of nitrogens with one attached hydrogen (secondary N) is 1. The van der Waals surface area contributed by atoms with Gasteiger partial charge in [0, 0.05) is 28.4 Å². The molecule has 146 valence electrons. The first-order valence-corrected chi connectivity index (χ1v) is 11.2. The molecule has 4 rings (SSSR count). The normalized spacial score (nSPS) is 11.3. The van der Waals surface area contributed by atoms with E-state index in [4.69, 9.17) is 4.42 Å². The minimum atomic E-state index is -3.59. The van der Waals surface area contributed by atoms with Crippen LogP contribution >= 0.6 is 11.3 Å². The second-order valence-electron chi connectivity index (χ2n) is 6.22. The van der Waals surface area contributed by atoms with E-state index in [2.05, 4.69) is 10.3 Å². The van der Waals surface area contributed by atoms with Crippen LogP contribution in [0.15, 0.2) is 87.8 Å². The van der Waals surface area contributed by atoms with Gasteiger partial charge in [0.1, 0.15) is 5.01 Å². The Bertz CT molecular complexity index is 1210. The van der Waals surface area contributed by atoms with Gasteiger partial charge < -0.3 is 9.73 Å². The number of sulfone groups is 1. The van der Waals surface area contributed by atoms with E-state index in [0.717, 1.165) is 10.6 Å². The summed E-state index contributed by atoms with van der Waals surface area (Å²) in [5.74, 6) is -0.844. The molecule has 29 heavy (non-hydrogen) atoms. The number of rotatable bonds is 6. The first-order valence-electron chi connectivity index (χ1n) is 8.68. The minimum absolute atomic E-state index is 0.0199. The first-order chi connectivity index (χ1) is 14.0.